The molecule has 158 valence electrons. The summed E-state index contributed by atoms with van der Waals surface area (Å²) in [5.74, 6) is -0.520. The van der Waals surface area contributed by atoms with Gasteiger partial charge in [-0.1, -0.05) is 42.5 Å². The molecule has 0 aliphatic rings. The third-order valence-electron chi connectivity index (χ3n) is 4.42. The zero-order valence-corrected chi connectivity index (χ0v) is 17.9. The van der Waals surface area contributed by atoms with Crippen LogP contribution in [0, 0.1) is 0 Å². The fourth-order valence-electron chi connectivity index (χ4n) is 3.16. The van der Waals surface area contributed by atoms with Gasteiger partial charge in [-0.25, -0.2) is 8.42 Å². The molecule has 7 heteroatoms. The van der Waals surface area contributed by atoms with Crippen molar-refractivity contribution >= 4 is 32.4 Å². The van der Waals surface area contributed by atoms with Gasteiger partial charge in [-0.3, -0.25) is 9.52 Å². The maximum atomic E-state index is 12.3. The third kappa shape index (κ3) is 6.22. The minimum atomic E-state index is -3.80. The van der Waals surface area contributed by atoms with Gasteiger partial charge in [0.05, 0.1) is 6.10 Å². The van der Waals surface area contributed by atoms with Gasteiger partial charge >= 0.3 is 0 Å². The van der Waals surface area contributed by atoms with Crippen molar-refractivity contribution in [3.8, 4) is 5.75 Å². The molecule has 3 aromatic carbocycles. The molecule has 6 nitrogen and oxygen atoms in total. The van der Waals surface area contributed by atoms with E-state index in [0.29, 0.717) is 24.4 Å². The second-order valence-corrected chi connectivity index (χ2v) is 9.01. The normalized spacial score (nSPS) is 11.4. The number of carbonyl (C=O) groups excluding carboxylic acids is 1. The first-order valence-electron chi connectivity index (χ1n) is 9.83. The van der Waals surface area contributed by atoms with Gasteiger partial charge < -0.3 is 10.1 Å². The quantitative estimate of drug-likeness (QED) is 0.546. The zero-order chi connectivity index (χ0) is 21.6. The molecule has 0 bridgehead atoms. The van der Waals surface area contributed by atoms with Gasteiger partial charge in [0, 0.05) is 12.2 Å². The van der Waals surface area contributed by atoms with Gasteiger partial charge in [-0.2, -0.15) is 0 Å². The summed E-state index contributed by atoms with van der Waals surface area (Å²) in [5.41, 5.74) is 1.49. The van der Waals surface area contributed by atoms with Crippen LogP contribution >= 0.6 is 0 Å². The third-order valence-corrected chi connectivity index (χ3v) is 5.61. The molecule has 0 aliphatic heterocycles. The molecule has 0 saturated heterocycles. The number of benzene rings is 3. The molecule has 0 unspecified atom stereocenters. The first-order chi connectivity index (χ1) is 14.3. The lowest BCUT2D eigenvalue weighted by atomic mass is 10.0. The monoisotopic (exact) mass is 426 g/mol. The van der Waals surface area contributed by atoms with Crippen molar-refractivity contribution in [1.29, 1.82) is 0 Å². The van der Waals surface area contributed by atoms with E-state index in [0.717, 1.165) is 16.3 Å². The van der Waals surface area contributed by atoms with Crippen molar-refractivity contribution < 1.29 is 17.9 Å². The predicted octanol–water partition coefficient (Wildman–Crippen LogP) is 3.73. The van der Waals surface area contributed by atoms with E-state index in [1.165, 1.54) is 0 Å². The van der Waals surface area contributed by atoms with E-state index in [4.69, 9.17) is 4.74 Å². The largest absolute Gasteiger partial charge is 0.491 e. The van der Waals surface area contributed by atoms with Crippen molar-refractivity contribution in [2.75, 3.05) is 17.0 Å². The first-order valence-corrected chi connectivity index (χ1v) is 11.5. The molecule has 3 aromatic rings. The number of amides is 1. The molecule has 0 atom stereocenters. The Kier molecular flexibility index (Phi) is 6.95. The van der Waals surface area contributed by atoms with Crippen LogP contribution in [-0.2, 0) is 21.2 Å². The zero-order valence-electron chi connectivity index (χ0n) is 17.1. The van der Waals surface area contributed by atoms with Gasteiger partial charge in [-0.05, 0) is 60.9 Å². The summed E-state index contributed by atoms with van der Waals surface area (Å²) < 4.78 is 32.5. The van der Waals surface area contributed by atoms with Crippen LogP contribution in [0.1, 0.15) is 19.4 Å². The number of carbonyl (C=O) groups is 1. The number of hydrogen-bond donors (Lipinski definition) is 2. The molecule has 3 rings (SSSR count). The van der Waals surface area contributed by atoms with E-state index >= 15 is 0 Å². The Labute approximate surface area is 177 Å². The van der Waals surface area contributed by atoms with Gasteiger partial charge in [0.15, 0.2) is 0 Å². The van der Waals surface area contributed by atoms with Crippen LogP contribution < -0.4 is 14.8 Å². The van der Waals surface area contributed by atoms with Crippen LogP contribution in [0.2, 0.25) is 0 Å². The Bertz CT molecular complexity index is 1100. The van der Waals surface area contributed by atoms with Gasteiger partial charge in [-0.15, -0.1) is 0 Å². The molecule has 0 radical (unpaired) electrons. The number of sulfonamides is 1. The minimum Gasteiger partial charge on any atom is -0.491 e. The van der Waals surface area contributed by atoms with E-state index in [-0.39, 0.29) is 6.10 Å². The summed E-state index contributed by atoms with van der Waals surface area (Å²) in [7, 11) is -3.80. The van der Waals surface area contributed by atoms with Gasteiger partial charge in [0.25, 0.3) is 0 Å². The number of fused-ring (bicyclic) bond motifs is 1. The second-order valence-electron chi connectivity index (χ2n) is 7.29. The van der Waals surface area contributed by atoms with Crippen LogP contribution in [0.4, 0.5) is 5.69 Å². The van der Waals surface area contributed by atoms with Crippen molar-refractivity contribution in [3.05, 3.63) is 72.3 Å². The molecule has 30 heavy (non-hydrogen) atoms. The summed E-state index contributed by atoms with van der Waals surface area (Å²) in [6.07, 6.45) is 0.655. The van der Waals surface area contributed by atoms with Crippen molar-refractivity contribution in [3.63, 3.8) is 0 Å². The average Bonchev–Trinajstić information content (AvgIpc) is 2.68. The minimum absolute atomic E-state index is 0.0325. The van der Waals surface area contributed by atoms with E-state index in [1.54, 1.807) is 24.3 Å². The van der Waals surface area contributed by atoms with Gasteiger partial charge in [0.2, 0.25) is 15.9 Å². The van der Waals surface area contributed by atoms with Crippen molar-refractivity contribution in [2.24, 2.45) is 0 Å². The van der Waals surface area contributed by atoms with Gasteiger partial charge in [0.1, 0.15) is 11.5 Å². The standard InChI is InChI=1S/C23H26N2O4S/c1-17(2)29-21-12-10-20(11-13-21)25-30(27,28)16-23(26)24-15-14-19-8-5-7-18-6-3-4-9-22(18)19/h3-13,17,25H,14-16H2,1-2H3,(H,24,26). The molecule has 2 N–H and O–H groups in total. The van der Waals surface area contributed by atoms with E-state index < -0.39 is 21.7 Å². The Hall–Kier alpha value is -3.06. The highest BCUT2D eigenvalue weighted by Crippen LogP contribution is 2.19. The Balaban J connectivity index is 1.51. The Morgan fingerprint density at radius 2 is 1.67 bits per heavy atom. The highest BCUT2D eigenvalue weighted by molar-refractivity contribution is 7.93. The maximum absolute atomic E-state index is 12.3. The van der Waals surface area contributed by atoms with Crippen molar-refractivity contribution in [1.82, 2.24) is 5.32 Å². The molecular formula is C23H26N2O4S. The lowest BCUT2D eigenvalue weighted by Crippen LogP contribution is -2.34. The maximum Gasteiger partial charge on any atom is 0.241 e. The highest BCUT2D eigenvalue weighted by atomic mass is 32.2. The summed E-state index contributed by atoms with van der Waals surface area (Å²) in [5, 5.41) is 4.96. The van der Waals surface area contributed by atoms with E-state index in [1.807, 2.05) is 56.3 Å². The summed E-state index contributed by atoms with van der Waals surface area (Å²) in [6.45, 7) is 4.19. The lowest BCUT2D eigenvalue weighted by molar-refractivity contribution is -0.118. The number of anilines is 1. The molecule has 0 heterocycles. The van der Waals surface area contributed by atoms with E-state index in [9.17, 15) is 13.2 Å². The molecule has 0 spiro atoms. The second kappa shape index (κ2) is 9.63. The topological polar surface area (TPSA) is 84.5 Å². The number of nitrogens with one attached hydrogen (secondary N) is 2. The molecular weight excluding hydrogens is 400 g/mol. The smallest absolute Gasteiger partial charge is 0.241 e. The molecule has 0 aromatic heterocycles. The lowest BCUT2D eigenvalue weighted by Gasteiger charge is -2.12. The van der Waals surface area contributed by atoms with Crippen LogP contribution in [0.15, 0.2) is 66.7 Å². The number of ether oxygens (including phenoxy) is 1. The number of hydrogen-bond acceptors (Lipinski definition) is 4. The number of rotatable bonds is 9. The SMILES string of the molecule is CC(C)Oc1ccc(NS(=O)(=O)CC(=O)NCCc2cccc3ccccc23)cc1. The average molecular weight is 427 g/mol. The Morgan fingerprint density at radius 3 is 2.40 bits per heavy atom. The summed E-state index contributed by atoms with van der Waals surface area (Å²) in [6, 6.07) is 20.6. The van der Waals surface area contributed by atoms with Crippen LogP contribution in [0.5, 0.6) is 5.75 Å². The molecule has 1 amide bonds. The fraction of sp³-hybridized carbons (Fsp3) is 0.261. The molecule has 0 saturated carbocycles. The van der Waals surface area contributed by atoms with Crippen molar-refractivity contribution in [2.45, 2.75) is 26.4 Å². The summed E-state index contributed by atoms with van der Waals surface area (Å²) >= 11 is 0. The summed E-state index contributed by atoms with van der Waals surface area (Å²) in [4.78, 5) is 12.1. The van der Waals surface area contributed by atoms with Crippen LogP contribution in [0.25, 0.3) is 10.8 Å². The van der Waals surface area contributed by atoms with Crippen LogP contribution in [-0.4, -0.2) is 32.7 Å². The van der Waals surface area contributed by atoms with Crippen LogP contribution in [0.3, 0.4) is 0 Å². The molecule has 0 aliphatic carbocycles. The molecule has 0 fully saturated rings. The predicted molar refractivity (Wildman–Crippen MR) is 120 cm³/mol. The fourth-order valence-corrected chi connectivity index (χ4v) is 4.17. The first kappa shape index (κ1) is 21.6. The van der Waals surface area contributed by atoms with E-state index in [2.05, 4.69) is 10.0 Å². The Morgan fingerprint density at radius 1 is 0.967 bits per heavy atom. The highest BCUT2D eigenvalue weighted by Gasteiger charge is 2.16.